The van der Waals surface area contributed by atoms with Crippen LogP contribution in [0.25, 0.3) is 0 Å². The molecule has 5 nitrogen and oxygen atoms in total. The highest BCUT2D eigenvalue weighted by Gasteiger charge is 2.26. The van der Waals surface area contributed by atoms with Gasteiger partial charge in [0.2, 0.25) is 0 Å². The molecule has 0 saturated carbocycles. The van der Waals surface area contributed by atoms with Crippen molar-refractivity contribution in [1.82, 2.24) is 10.2 Å². The lowest BCUT2D eigenvalue weighted by molar-refractivity contribution is 0.0926. The number of fused-ring (bicyclic) bond motifs is 1. The average Bonchev–Trinajstić information content (AvgIpc) is 3.09. The van der Waals surface area contributed by atoms with Crippen molar-refractivity contribution in [3.05, 3.63) is 59.7 Å². The van der Waals surface area contributed by atoms with Gasteiger partial charge in [-0.25, -0.2) is 0 Å². The maximum absolute atomic E-state index is 12.7. The van der Waals surface area contributed by atoms with Crippen molar-refractivity contribution in [2.75, 3.05) is 26.3 Å². The molecule has 2 aliphatic rings. The number of hydrogen-bond donors (Lipinski definition) is 1. The standard InChI is InChI=1S/C20H22N2O3/c23-20(17-7-4-8-18-19(17)25-12-11-24-18)21-16-9-10-22(14-16)13-15-5-2-1-3-6-15/h1-8,16H,9-14H2,(H,21,23)/t16-/m0/s1. The van der Waals surface area contributed by atoms with Crippen LogP contribution >= 0.6 is 0 Å². The van der Waals surface area contributed by atoms with E-state index >= 15 is 0 Å². The lowest BCUT2D eigenvalue weighted by Crippen LogP contribution is -2.37. The van der Waals surface area contributed by atoms with Crippen molar-refractivity contribution in [1.29, 1.82) is 0 Å². The molecule has 1 atom stereocenters. The Morgan fingerprint density at radius 2 is 1.92 bits per heavy atom. The van der Waals surface area contributed by atoms with E-state index in [2.05, 4.69) is 34.5 Å². The van der Waals surface area contributed by atoms with E-state index in [9.17, 15) is 4.79 Å². The van der Waals surface area contributed by atoms with Gasteiger partial charge in [-0.05, 0) is 24.1 Å². The van der Waals surface area contributed by atoms with Gasteiger partial charge in [-0.3, -0.25) is 9.69 Å². The Bertz CT molecular complexity index is 748. The topological polar surface area (TPSA) is 50.8 Å². The third-order valence-corrected chi connectivity index (χ3v) is 4.67. The molecule has 2 aromatic rings. The quantitative estimate of drug-likeness (QED) is 0.930. The number of nitrogens with zero attached hydrogens (tertiary/aromatic N) is 1. The van der Waals surface area contributed by atoms with E-state index in [0.717, 1.165) is 26.1 Å². The maximum Gasteiger partial charge on any atom is 0.255 e. The van der Waals surface area contributed by atoms with Crippen molar-refractivity contribution in [2.24, 2.45) is 0 Å². The smallest absolute Gasteiger partial charge is 0.255 e. The second-order valence-corrected chi connectivity index (χ2v) is 6.51. The minimum absolute atomic E-state index is 0.0890. The number of para-hydroxylation sites is 1. The van der Waals surface area contributed by atoms with Gasteiger partial charge in [0.15, 0.2) is 11.5 Å². The number of rotatable bonds is 4. The normalized spacial score (nSPS) is 19.6. The highest BCUT2D eigenvalue weighted by Crippen LogP contribution is 2.33. The van der Waals surface area contributed by atoms with Crippen molar-refractivity contribution in [2.45, 2.75) is 19.0 Å². The number of likely N-dealkylation sites (tertiary alicyclic amines) is 1. The van der Waals surface area contributed by atoms with Crippen molar-refractivity contribution in [3.63, 3.8) is 0 Å². The molecular weight excluding hydrogens is 316 g/mol. The van der Waals surface area contributed by atoms with Gasteiger partial charge >= 0.3 is 0 Å². The monoisotopic (exact) mass is 338 g/mol. The van der Waals surface area contributed by atoms with Gasteiger partial charge in [0.1, 0.15) is 13.2 Å². The summed E-state index contributed by atoms with van der Waals surface area (Å²) in [6.45, 7) is 3.78. The SMILES string of the molecule is O=C(N[C@H]1CCN(Cc2ccccc2)C1)c1cccc2c1OCCO2. The summed E-state index contributed by atoms with van der Waals surface area (Å²) in [5.41, 5.74) is 1.86. The van der Waals surface area contributed by atoms with Crippen LogP contribution in [0.4, 0.5) is 0 Å². The van der Waals surface area contributed by atoms with E-state index in [1.54, 1.807) is 6.07 Å². The maximum atomic E-state index is 12.7. The van der Waals surface area contributed by atoms with Crippen molar-refractivity contribution < 1.29 is 14.3 Å². The molecule has 0 radical (unpaired) electrons. The van der Waals surface area contributed by atoms with Gasteiger partial charge in [-0.2, -0.15) is 0 Å². The molecule has 0 unspecified atom stereocenters. The Balaban J connectivity index is 1.38. The lowest BCUT2D eigenvalue weighted by Gasteiger charge is -2.21. The Hall–Kier alpha value is -2.53. The zero-order valence-corrected chi connectivity index (χ0v) is 14.1. The van der Waals surface area contributed by atoms with Crippen LogP contribution in [0.2, 0.25) is 0 Å². The fourth-order valence-corrected chi connectivity index (χ4v) is 3.45. The molecule has 2 heterocycles. The lowest BCUT2D eigenvalue weighted by atomic mass is 10.1. The molecule has 1 fully saturated rings. The summed E-state index contributed by atoms with van der Waals surface area (Å²) in [6, 6.07) is 16.1. The molecule has 0 spiro atoms. The van der Waals surface area contributed by atoms with Crippen LogP contribution in [0.3, 0.4) is 0 Å². The van der Waals surface area contributed by atoms with Gasteiger partial charge in [0.25, 0.3) is 5.91 Å². The number of nitrogens with one attached hydrogen (secondary N) is 1. The molecule has 4 rings (SSSR count). The third kappa shape index (κ3) is 3.61. The number of carbonyl (C=O) groups is 1. The first-order valence-corrected chi connectivity index (χ1v) is 8.75. The van der Waals surface area contributed by atoms with Gasteiger partial charge < -0.3 is 14.8 Å². The van der Waals surface area contributed by atoms with Crippen LogP contribution in [-0.4, -0.2) is 43.2 Å². The van der Waals surface area contributed by atoms with E-state index in [0.29, 0.717) is 30.3 Å². The highest BCUT2D eigenvalue weighted by molar-refractivity contribution is 5.98. The predicted molar refractivity (Wildman–Crippen MR) is 95.0 cm³/mol. The highest BCUT2D eigenvalue weighted by atomic mass is 16.6. The summed E-state index contributed by atoms with van der Waals surface area (Å²) in [6.07, 6.45) is 0.963. The number of ether oxygens (including phenoxy) is 2. The molecular formula is C20H22N2O3. The first-order chi connectivity index (χ1) is 12.3. The van der Waals surface area contributed by atoms with E-state index in [4.69, 9.17) is 9.47 Å². The summed E-state index contributed by atoms with van der Waals surface area (Å²) in [7, 11) is 0. The Morgan fingerprint density at radius 1 is 1.08 bits per heavy atom. The van der Waals surface area contributed by atoms with Gasteiger partial charge in [0.05, 0.1) is 5.56 Å². The minimum Gasteiger partial charge on any atom is -0.486 e. The summed E-state index contributed by atoms with van der Waals surface area (Å²) in [4.78, 5) is 15.0. The molecule has 2 aliphatic heterocycles. The largest absolute Gasteiger partial charge is 0.486 e. The molecule has 0 bridgehead atoms. The van der Waals surface area contributed by atoms with Crippen LogP contribution in [0, 0.1) is 0 Å². The van der Waals surface area contributed by atoms with Crippen LogP contribution in [-0.2, 0) is 6.54 Å². The van der Waals surface area contributed by atoms with Crippen molar-refractivity contribution in [3.8, 4) is 11.5 Å². The molecule has 25 heavy (non-hydrogen) atoms. The average molecular weight is 338 g/mol. The van der Waals surface area contributed by atoms with E-state index < -0.39 is 0 Å². The van der Waals surface area contributed by atoms with E-state index in [-0.39, 0.29) is 11.9 Å². The first-order valence-electron chi connectivity index (χ1n) is 8.75. The Morgan fingerprint density at radius 3 is 2.80 bits per heavy atom. The second-order valence-electron chi connectivity index (χ2n) is 6.51. The van der Waals surface area contributed by atoms with Gasteiger partial charge in [-0.1, -0.05) is 36.4 Å². The van der Waals surface area contributed by atoms with Crippen LogP contribution in [0.15, 0.2) is 48.5 Å². The van der Waals surface area contributed by atoms with Crippen molar-refractivity contribution >= 4 is 5.91 Å². The number of amides is 1. The number of carbonyl (C=O) groups excluding carboxylic acids is 1. The van der Waals surface area contributed by atoms with E-state index in [1.165, 1.54) is 5.56 Å². The molecule has 0 aromatic heterocycles. The number of hydrogen-bond acceptors (Lipinski definition) is 4. The molecule has 2 aromatic carbocycles. The van der Waals surface area contributed by atoms with Crippen LogP contribution < -0.4 is 14.8 Å². The van der Waals surface area contributed by atoms with Gasteiger partial charge in [-0.15, -0.1) is 0 Å². The Labute approximate surface area is 147 Å². The molecule has 1 saturated heterocycles. The molecule has 130 valence electrons. The minimum atomic E-state index is -0.0890. The fourth-order valence-electron chi connectivity index (χ4n) is 3.45. The van der Waals surface area contributed by atoms with Gasteiger partial charge in [0, 0.05) is 25.7 Å². The predicted octanol–water partition coefficient (Wildman–Crippen LogP) is 2.46. The summed E-state index contributed by atoms with van der Waals surface area (Å²) >= 11 is 0. The summed E-state index contributed by atoms with van der Waals surface area (Å²) < 4.78 is 11.2. The molecule has 1 amide bonds. The summed E-state index contributed by atoms with van der Waals surface area (Å²) in [5, 5.41) is 3.14. The summed E-state index contributed by atoms with van der Waals surface area (Å²) in [5.74, 6) is 1.12. The molecule has 5 heteroatoms. The zero-order valence-electron chi connectivity index (χ0n) is 14.1. The van der Waals surface area contributed by atoms with Crippen LogP contribution in [0.5, 0.6) is 11.5 Å². The fraction of sp³-hybridized carbons (Fsp3) is 0.350. The molecule has 1 N–H and O–H groups in total. The van der Waals surface area contributed by atoms with E-state index in [1.807, 2.05) is 18.2 Å². The second kappa shape index (κ2) is 7.15. The Kier molecular flexibility index (Phi) is 4.57. The van der Waals surface area contributed by atoms with Crippen LogP contribution in [0.1, 0.15) is 22.3 Å². The third-order valence-electron chi connectivity index (χ3n) is 4.67. The number of benzene rings is 2. The first kappa shape index (κ1) is 16.0. The zero-order chi connectivity index (χ0) is 17.1. The molecule has 0 aliphatic carbocycles.